The van der Waals surface area contributed by atoms with E-state index >= 15 is 0 Å². The molecule has 130 valence electrons. The van der Waals surface area contributed by atoms with Crippen molar-refractivity contribution < 1.29 is 22.1 Å². The standard InChI is InChI=1S/C15H18FN3O4S/c1-10-15(11(2)23-19-10)24(21,22)18-8-7-14(20)17-9-12-3-5-13(16)6-4-12/h3-6,18H,7-9H2,1-2H3,(H,17,20). The quantitative estimate of drug-likeness (QED) is 0.782. The summed E-state index contributed by atoms with van der Waals surface area (Å²) in [5.74, 6) is -0.472. The Labute approximate surface area is 139 Å². The minimum absolute atomic E-state index is 0.00535. The molecule has 2 N–H and O–H groups in total. The summed E-state index contributed by atoms with van der Waals surface area (Å²) < 4.78 is 44.2. The lowest BCUT2D eigenvalue weighted by molar-refractivity contribution is -0.121. The van der Waals surface area contributed by atoms with Gasteiger partial charge in [0, 0.05) is 19.5 Å². The first-order valence-corrected chi connectivity index (χ1v) is 8.71. The molecule has 1 aromatic carbocycles. The number of carbonyl (C=O) groups excluding carboxylic acids is 1. The molecule has 1 amide bonds. The maximum atomic E-state index is 12.8. The van der Waals surface area contributed by atoms with E-state index in [1.165, 1.54) is 26.0 Å². The molecule has 2 rings (SSSR count). The normalized spacial score (nSPS) is 11.5. The van der Waals surface area contributed by atoms with E-state index in [1.54, 1.807) is 12.1 Å². The second-order valence-corrected chi connectivity index (χ2v) is 6.91. The molecular weight excluding hydrogens is 337 g/mol. The van der Waals surface area contributed by atoms with Crippen molar-refractivity contribution in [3.8, 4) is 0 Å². The number of carbonyl (C=O) groups is 1. The molecular formula is C15H18FN3O4S. The van der Waals surface area contributed by atoms with Crippen molar-refractivity contribution in [2.75, 3.05) is 6.54 Å². The molecule has 0 atom stereocenters. The van der Waals surface area contributed by atoms with Gasteiger partial charge in [-0.05, 0) is 31.5 Å². The van der Waals surface area contributed by atoms with Crippen LogP contribution < -0.4 is 10.0 Å². The van der Waals surface area contributed by atoms with Crippen molar-refractivity contribution in [1.82, 2.24) is 15.2 Å². The maximum Gasteiger partial charge on any atom is 0.245 e. The number of nitrogens with one attached hydrogen (secondary N) is 2. The van der Waals surface area contributed by atoms with Crippen LogP contribution in [0.4, 0.5) is 4.39 Å². The lowest BCUT2D eigenvalue weighted by Gasteiger charge is -2.07. The van der Waals surface area contributed by atoms with E-state index in [1.807, 2.05) is 0 Å². The van der Waals surface area contributed by atoms with Crippen LogP contribution in [-0.2, 0) is 21.4 Å². The van der Waals surface area contributed by atoms with Gasteiger partial charge in [0.05, 0.1) is 0 Å². The van der Waals surface area contributed by atoms with Crippen molar-refractivity contribution in [3.63, 3.8) is 0 Å². The molecule has 0 saturated heterocycles. The van der Waals surface area contributed by atoms with Crippen molar-refractivity contribution in [2.24, 2.45) is 0 Å². The SMILES string of the molecule is Cc1noc(C)c1S(=O)(=O)NCCC(=O)NCc1ccc(F)cc1. The second-order valence-electron chi connectivity index (χ2n) is 5.20. The van der Waals surface area contributed by atoms with Gasteiger partial charge >= 0.3 is 0 Å². The summed E-state index contributed by atoms with van der Waals surface area (Å²) in [6.07, 6.45) is -0.0240. The predicted molar refractivity (Wildman–Crippen MR) is 84.0 cm³/mol. The van der Waals surface area contributed by atoms with Gasteiger partial charge in [0.15, 0.2) is 5.76 Å². The fourth-order valence-corrected chi connectivity index (χ4v) is 3.48. The van der Waals surface area contributed by atoms with Gasteiger partial charge < -0.3 is 9.84 Å². The van der Waals surface area contributed by atoms with E-state index in [-0.39, 0.29) is 47.6 Å². The molecule has 1 aromatic heterocycles. The van der Waals surface area contributed by atoms with Crippen molar-refractivity contribution >= 4 is 15.9 Å². The molecule has 0 aliphatic carbocycles. The van der Waals surface area contributed by atoms with Gasteiger partial charge in [-0.1, -0.05) is 17.3 Å². The minimum Gasteiger partial charge on any atom is -0.360 e. The Morgan fingerprint density at radius 3 is 2.50 bits per heavy atom. The number of sulfonamides is 1. The molecule has 0 unspecified atom stereocenters. The number of nitrogens with zero attached hydrogens (tertiary/aromatic N) is 1. The fourth-order valence-electron chi connectivity index (χ4n) is 2.12. The Morgan fingerprint density at radius 1 is 1.25 bits per heavy atom. The predicted octanol–water partition coefficient (Wildman–Crippen LogP) is 1.42. The van der Waals surface area contributed by atoms with Crippen LogP contribution in [0.2, 0.25) is 0 Å². The van der Waals surface area contributed by atoms with Crippen LogP contribution >= 0.6 is 0 Å². The zero-order valence-corrected chi connectivity index (χ0v) is 14.1. The van der Waals surface area contributed by atoms with Crippen molar-refractivity contribution in [2.45, 2.75) is 31.7 Å². The summed E-state index contributed by atoms with van der Waals surface area (Å²) in [7, 11) is -3.77. The van der Waals surface area contributed by atoms with E-state index < -0.39 is 10.0 Å². The van der Waals surface area contributed by atoms with Gasteiger partial charge in [0.1, 0.15) is 16.4 Å². The van der Waals surface area contributed by atoms with Gasteiger partial charge in [0.2, 0.25) is 15.9 Å². The Bertz CT molecular complexity index is 796. The molecule has 0 radical (unpaired) electrons. The van der Waals surface area contributed by atoms with E-state index in [4.69, 9.17) is 4.52 Å². The van der Waals surface area contributed by atoms with Crippen LogP contribution in [0, 0.1) is 19.7 Å². The van der Waals surface area contributed by atoms with Crippen LogP contribution in [0.1, 0.15) is 23.4 Å². The molecule has 0 saturated carbocycles. The maximum absolute atomic E-state index is 12.8. The number of hydrogen-bond acceptors (Lipinski definition) is 5. The smallest absolute Gasteiger partial charge is 0.245 e. The molecule has 0 spiro atoms. The highest BCUT2D eigenvalue weighted by atomic mass is 32.2. The van der Waals surface area contributed by atoms with Crippen molar-refractivity contribution in [3.05, 3.63) is 47.1 Å². The first-order chi connectivity index (χ1) is 11.3. The zero-order valence-electron chi connectivity index (χ0n) is 13.3. The molecule has 1 heterocycles. The highest BCUT2D eigenvalue weighted by molar-refractivity contribution is 7.89. The summed E-state index contributed by atoms with van der Waals surface area (Å²) in [5.41, 5.74) is 1.02. The Morgan fingerprint density at radius 2 is 1.92 bits per heavy atom. The van der Waals surface area contributed by atoms with Crippen molar-refractivity contribution in [1.29, 1.82) is 0 Å². The summed E-state index contributed by atoms with van der Waals surface area (Å²) in [4.78, 5) is 11.7. The fraction of sp³-hybridized carbons (Fsp3) is 0.333. The summed E-state index contributed by atoms with van der Waals surface area (Å²) in [6.45, 7) is 3.22. The number of halogens is 1. The third-order valence-corrected chi connectivity index (χ3v) is 4.99. The van der Waals surface area contributed by atoms with Crippen LogP contribution in [0.25, 0.3) is 0 Å². The van der Waals surface area contributed by atoms with Gasteiger partial charge in [-0.25, -0.2) is 17.5 Å². The van der Waals surface area contributed by atoms with Gasteiger partial charge in [-0.3, -0.25) is 4.79 Å². The molecule has 2 aromatic rings. The highest BCUT2D eigenvalue weighted by Crippen LogP contribution is 2.18. The summed E-state index contributed by atoms with van der Waals surface area (Å²) in [6, 6.07) is 5.74. The van der Waals surface area contributed by atoms with Gasteiger partial charge in [-0.2, -0.15) is 0 Å². The molecule has 0 aliphatic rings. The van der Waals surface area contributed by atoms with Crippen LogP contribution in [0.5, 0.6) is 0 Å². The third kappa shape index (κ3) is 4.62. The van der Waals surface area contributed by atoms with E-state index in [9.17, 15) is 17.6 Å². The van der Waals surface area contributed by atoms with E-state index in [0.717, 1.165) is 5.56 Å². The average molecular weight is 355 g/mol. The third-order valence-electron chi connectivity index (χ3n) is 3.28. The lowest BCUT2D eigenvalue weighted by atomic mass is 10.2. The highest BCUT2D eigenvalue weighted by Gasteiger charge is 2.23. The Hall–Kier alpha value is -2.26. The summed E-state index contributed by atoms with van der Waals surface area (Å²) >= 11 is 0. The summed E-state index contributed by atoms with van der Waals surface area (Å²) in [5, 5.41) is 6.23. The number of aromatic nitrogens is 1. The topological polar surface area (TPSA) is 101 Å². The van der Waals surface area contributed by atoms with Gasteiger partial charge in [-0.15, -0.1) is 0 Å². The molecule has 0 bridgehead atoms. The number of aryl methyl sites for hydroxylation is 2. The number of amides is 1. The molecule has 0 fully saturated rings. The molecule has 7 nitrogen and oxygen atoms in total. The lowest BCUT2D eigenvalue weighted by Crippen LogP contribution is -2.31. The average Bonchev–Trinajstić information content (AvgIpc) is 2.86. The zero-order chi connectivity index (χ0) is 17.7. The number of rotatable bonds is 7. The van der Waals surface area contributed by atoms with E-state index in [0.29, 0.717) is 0 Å². The van der Waals surface area contributed by atoms with Crippen LogP contribution in [0.3, 0.4) is 0 Å². The Kier molecular flexibility index (Phi) is 5.68. The first-order valence-electron chi connectivity index (χ1n) is 7.23. The number of hydrogen-bond donors (Lipinski definition) is 2. The number of benzene rings is 1. The first kappa shape index (κ1) is 18.1. The molecule has 24 heavy (non-hydrogen) atoms. The van der Waals surface area contributed by atoms with Crippen LogP contribution in [-0.4, -0.2) is 26.0 Å². The van der Waals surface area contributed by atoms with Crippen LogP contribution in [0.15, 0.2) is 33.7 Å². The largest absolute Gasteiger partial charge is 0.360 e. The minimum atomic E-state index is -3.77. The second kappa shape index (κ2) is 7.54. The Balaban J connectivity index is 1.81. The monoisotopic (exact) mass is 355 g/mol. The molecule has 0 aliphatic heterocycles. The van der Waals surface area contributed by atoms with E-state index in [2.05, 4.69) is 15.2 Å². The molecule has 9 heteroatoms. The van der Waals surface area contributed by atoms with Gasteiger partial charge in [0.25, 0.3) is 0 Å².